The van der Waals surface area contributed by atoms with Crippen LogP contribution in [0, 0.1) is 0 Å². The van der Waals surface area contributed by atoms with Crippen molar-refractivity contribution in [1.82, 2.24) is 30.0 Å². The van der Waals surface area contributed by atoms with Crippen LogP contribution in [-0.4, -0.2) is 36.2 Å². The Morgan fingerprint density at radius 3 is 2.67 bits per heavy atom. The summed E-state index contributed by atoms with van der Waals surface area (Å²) in [7, 11) is 0. The zero-order valence-corrected chi connectivity index (χ0v) is 12.6. The summed E-state index contributed by atoms with van der Waals surface area (Å²) < 4.78 is 39.5. The minimum atomic E-state index is -4.31. The summed E-state index contributed by atoms with van der Waals surface area (Å²) >= 11 is 0. The second-order valence-corrected chi connectivity index (χ2v) is 5.19. The number of nitrogens with zero attached hydrogens (tertiary/aromatic N) is 6. The molecule has 0 saturated carbocycles. The first-order valence-electron chi connectivity index (χ1n) is 7.12. The van der Waals surface area contributed by atoms with E-state index in [0.717, 1.165) is 10.4 Å². The summed E-state index contributed by atoms with van der Waals surface area (Å²) in [4.78, 5) is 0. The molecule has 3 aromatic rings. The van der Waals surface area contributed by atoms with Crippen LogP contribution < -0.4 is 5.32 Å². The molecule has 2 aromatic heterocycles. The van der Waals surface area contributed by atoms with E-state index in [9.17, 15) is 13.2 Å². The summed E-state index contributed by atoms with van der Waals surface area (Å²) in [6, 6.07) is 8.98. The molecule has 10 heteroatoms. The van der Waals surface area contributed by atoms with Gasteiger partial charge in [0.25, 0.3) is 0 Å². The van der Waals surface area contributed by atoms with E-state index >= 15 is 0 Å². The van der Waals surface area contributed by atoms with E-state index in [2.05, 4.69) is 25.9 Å². The highest BCUT2D eigenvalue weighted by molar-refractivity contribution is 5.40. The Balaban J connectivity index is 1.75. The summed E-state index contributed by atoms with van der Waals surface area (Å²) in [5.74, 6) is 0.532. The molecule has 24 heavy (non-hydrogen) atoms. The van der Waals surface area contributed by atoms with Gasteiger partial charge in [0.2, 0.25) is 0 Å². The van der Waals surface area contributed by atoms with E-state index in [1.807, 2.05) is 37.3 Å². The molecule has 3 rings (SSSR count). The van der Waals surface area contributed by atoms with Crippen LogP contribution in [0.2, 0.25) is 0 Å². The number of rotatable bonds is 5. The number of benzene rings is 1. The number of nitrogens with one attached hydrogen (secondary N) is 1. The van der Waals surface area contributed by atoms with Gasteiger partial charge in [0.05, 0.1) is 23.6 Å². The summed E-state index contributed by atoms with van der Waals surface area (Å²) in [5, 5.41) is 18.3. The molecule has 0 spiro atoms. The molecule has 7 nitrogen and oxygen atoms in total. The Hall–Kier alpha value is -2.91. The fraction of sp³-hybridized carbons (Fsp3) is 0.286. The van der Waals surface area contributed by atoms with Crippen LogP contribution in [0.5, 0.6) is 0 Å². The normalized spacial score (nSPS) is 13.0. The zero-order valence-electron chi connectivity index (χ0n) is 12.6. The summed E-state index contributed by atoms with van der Waals surface area (Å²) in [6.07, 6.45) is -1.69. The first-order chi connectivity index (χ1) is 11.4. The van der Waals surface area contributed by atoms with Crippen LogP contribution in [-0.2, 0) is 6.54 Å². The molecule has 0 radical (unpaired) electrons. The van der Waals surface area contributed by atoms with Crippen LogP contribution in [0.3, 0.4) is 0 Å². The van der Waals surface area contributed by atoms with Crippen molar-refractivity contribution in [2.45, 2.75) is 25.7 Å². The summed E-state index contributed by atoms with van der Waals surface area (Å²) in [5.41, 5.74) is 1.24. The average Bonchev–Trinajstić information content (AvgIpc) is 3.16. The van der Waals surface area contributed by atoms with Gasteiger partial charge in [-0.1, -0.05) is 18.2 Å². The highest BCUT2D eigenvalue weighted by Crippen LogP contribution is 2.21. The standard InChI is InChI=1S/C14H14F3N7/c1-10(19-11-7-18-23(8-11)9-14(15,16)17)13-20-21-22-24(13)12-5-3-2-4-6-12/h2-8,10,19H,9H2,1H3. The molecule has 1 atom stereocenters. The maximum atomic E-state index is 12.4. The molecule has 1 aromatic carbocycles. The first kappa shape index (κ1) is 16.0. The van der Waals surface area contributed by atoms with E-state index < -0.39 is 12.7 Å². The fourth-order valence-electron chi connectivity index (χ4n) is 2.24. The van der Waals surface area contributed by atoms with E-state index in [0.29, 0.717) is 11.5 Å². The molecule has 0 bridgehead atoms. The molecule has 0 aliphatic carbocycles. The number of tetrazole rings is 1. The molecule has 2 heterocycles. The molecule has 0 aliphatic rings. The predicted octanol–water partition coefficient (Wildman–Crippen LogP) is 2.59. The van der Waals surface area contributed by atoms with Crippen molar-refractivity contribution >= 4 is 5.69 Å². The molecule has 1 N–H and O–H groups in total. The lowest BCUT2D eigenvalue weighted by Crippen LogP contribution is -2.18. The van der Waals surface area contributed by atoms with Crippen LogP contribution in [0.15, 0.2) is 42.7 Å². The quantitative estimate of drug-likeness (QED) is 0.775. The second-order valence-electron chi connectivity index (χ2n) is 5.19. The minimum Gasteiger partial charge on any atom is -0.373 e. The molecule has 126 valence electrons. The topological polar surface area (TPSA) is 73.5 Å². The van der Waals surface area contributed by atoms with E-state index in [-0.39, 0.29) is 6.04 Å². The SMILES string of the molecule is CC(Nc1cnn(CC(F)(F)F)c1)c1nnnn1-c1ccccc1. The average molecular weight is 337 g/mol. The molecule has 0 aliphatic heterocycles. The molecule has 0 fully saturated rings. The van der Waals surface area contributed by atoms with Crippen LogP contribution >= 0.6 is 0 Å². The van der Waals surface area contributed by atoms with Gasteiger partial charge in [0, 0.05) is 6.20 Å². The lowest BCUT2D eigenvalue weighted by atomic mass is 10.2. The van der Waals surface area contributed by atoms with E-state index in [1.165, 1.54) is 12.4 Å². The summed E-state index contributed by atoms with van der Waals surface area (Å²) in [6.45, 7) is 0.678. The molecular weight excluding hydrogens is 323 g/mol. The van der Waals surface area contributed by atoms with Crippen molar-refractivity contribution in [1.29, 1.82) is 0 Å². The monoisotopic (exact) mass is 337 g/mol. The molecular formula is C14H14F3N7. The Kier molecular flexibility index (Phi) is 4.19. The predicted molar refractivity (Wildman–Crippen MR) is 79.5 cm³/mol. The number of aromatic nitrogens is 6. The first-order valence-corrected chi connectivity index (χ1v) is 7.12. The third kappa shape index (κ3) is 3.70. The van der Waals surface area contributed by atoms with E-state index in [4.69, 9.17) is 0 Å². The van der Waals surface area contributed by atoms with Crippen molar-refractivity contribution in [3.8, 4) is 5.69 Å². The third-order valence-electron chi connectivity index (χ3n) is 3.24. The van der Waals surface area contributed by atoms with Gasteiger partial charge in [0.1, 0.15) is 6.54 Å². The van der Waals surface area contributed by atoms with Crippen molar-refractivity contribution in [3.63, 3.8) is 0 Å². The van der Waals surface area contributed by atoms with Crippen LogP contribution in [0.1, 0.15) is 18.8 Å². The lowest BCUT2D eigenvalue weighted by Gasteiger charge is -2.13. The van der Waals surface area contributed by atoms with Crippen molar-refractivity contribution < 1.29 is 13.2 Å². The highest BCUT2D eigenvalue weighted by atomic mass is 19.4. The Labute approximate surface area is 135 Å². The lowest BCUT2D eigenvalue weighted by molar-refractivity contribution is -0.142. The second kappa shape index (κ2) is 6.30. The number of hydrogen-bond donors (Lipinski definition) is 1. The van der Waals surface area contributed by atoms with Crippen LogP contribution in [0.4, 0.5) is 18.9 Å². The minimum absolute atomic E-state index is 0.330. The number of para-hydroxylation sites is 1. The maximum absolute atomic E-state index is 12.4. The molecule has 0 saturated heterocycles. The Morgan fingerprint density at radius 1 is 1.21 bits per heavy atom. The number of alkyl halides is 3. The van der Waals surface area contributed by atoms with Gasteiger partial charge in [-0.3, -0.25) is 4.68 Å². The largest absolute Gasteiger partial charge is 0.408 e. The van der Waals surface area contributed by atoms with Gasteiger partial charge in [-0.05, 0) is 29.5 Å². The van der Waals surface area contributed by atoms with Crippen LogP contribution in [0.25, 0.3) is 5.69 Å². The van der Waals surface area contributed by atoms with Gasteiger partial charge in [-0.15, -0.1) is 5.10 Å². The van der Waals surface area contributed by atoms with Gasteiger partial charge in [-0.25, -0.2) is 0 Å². The fourth-order valence-corrected chi connectivity index (χ4v) is 2.24. The van der Waals surface area contributed by atoms with Gasteiger partial charge >= 0.3 is 6.18 Å². The van der Waals surface area contributed by atoms with Crippen molar-refractivity contribution in [2.75, 3.05) is 5.32 Å². The number of anilines is 1. The molecule has 0 amide bonds. The van der Waals surface area contributed by atoms with E-state index in [1.54, 1.807) is 4.68 Å². The zero-order chi connectivity index (χ0) is 17.2. The van der Waals surface area contributed by atoms with Crippen molar-refractivity contribution in [2.24, 2.45) is 0 Å². The highest BCUT2D eigenvalue weighted by Gasteiger charge is 2.28. The van der Waals surface area contributed by atoms with Gasteiger partial charge in [0.15, 0.2) is 5.82 Å². The number of halogens is 3. The Bertz CT molecular complexity index is 794. The molecule has 1 unspecified atom stereocenters. The maximum Gasteiger partial charge on any atom is 0.408 e. The third-order valence-corrected chi connectivity index (χ3v) is 3.24. The van der Waals surface area contributed by atoms with Gasteiger partial charge in [-0.2, -0.15) is 23.0 Å². The smallest absolute Gasteiger partial charge is 0.373 e. The number of hydrogen-bond acceptors (Lipinski definition) is 5. The van der Waals surface area contributed by atoms with Gasteiger partial charge < -0.3 is 5.32 Å². The van der Waals surface area contributed by atoms with Crippen molar-refractivity contribution in [3.05, 3.63) is 48.5 Å². The Morgan fingerprint density at radius 2 is 1.96 bits per heavy atom.